The van der Waals surface area contributed by atoms with Crippen LogP contribution in [0.25, 0.3) is 0 Å². The average Bonchev–Trinajstić information content (AvgIpc) is 2.59. The first-order valence-electron chi connectivity index (χ1n) is 8.58. The van der Waals surface area contributed by atoms with Crippen molar-refractivity contribution in [1.29, 1.82) is 0 Å². The fourth-order valence-corrected chi connectivity index (χ4v) is 2.40. The lowest BCUT2D eigenvalue weighted by Crippen LogP contribution is -2.35. The van der Waals surface area contributed by atoms with Crippen molar-refractivity contribution >= 4 is 23.3 Å². The van der Waals surface area contributed by atoms with Crippen LogP contribution in [-0.4, -0.2) is 32.1 Å². The molecule has 2 aromatic rings. The molecule has 0 saturated heterocycles. The highest BCUT2D eigenvalue weighted by molar-refractivity contribution is 6.03. The number of amides is 3. The Morgan fingerprint density at radius 3 is 2.27 bits per heavy atom. The molecule has 2 aromatic carbocycles. The molecule has 2 rings (SSSR count). The Morgan fingerprint density at radius 2 is 1.65 bits per heavy atom. The number of benzene rings is 2. The number of anilines is 2. The largest absolute Gasteiger partial charge is 0.378 e. The summed E-state index contributed by atoms with van der Waals surface area (Å²) in [6.07, 6.45) is 0. The molecule has 6 heteroatoms. The van der Waals surface area contributed by atoms with Crippen LogP contribution >= 0.6 is 0 Å². The van der Waals surface area contributed by atoms with Crippen LogP contribution in [0.5, 0.6) is 0 Å². The Balaban J connectivity index is 2.02. The summed E-state index contributed by atoms with van der Waals surface area (Å²) < 4.78 is 0. The third kappa shape index (κ3) is 5.51. The van der Waals surface area contributed by atoms with Gasteiger partial charge < -0.3 is 20.9 Å². The van der Waals surface area contributed by atoms with Gasteiger partial charge in [0.1, 0.15) is 0 Å². The molecule has 0 radical (unpaired) electrons. The summed E-state index contributed by atoms with van der Waals surface area (Å²) in [5.74, 6) is -0.234. The van der Waals surface area contributed by atoms with Crippen molar-refractivity contribution in [3.05, 3.63) is 59.7 Å². The van der Waals surface area contributed by atoms with Crippen molar-refractivity contribution < 1.29 is 9.59 Å². The molecule has 26 heavy (non-hydrogen) atoms. The van der Waals surface area contributed by atoms with Crippen LogP contribution in [0.15, 0.2) is 48.5 Å². The highest BCUT2D eigenvalue weighted by atomic mass is 16.2. The van der Waals surface area contributed by atoms with Crippen LogP contribution in [0.3, 0.4) is 0 Å². The van der Waals surface area contributed by atoms with E-state index in [4.69, 9.17) is 0 Å². The van der Waals surface area contributed by atoms with Gasteiger partial charge in [0, 0.05) is 32.4 Å². The number of urea groups is 1. The number of rotatable bonds is 6. The van der Waals surface area contributed by atoms with E-state index in [-0.39, 0.29) is 18.0 Å². The van der Waals surface area contributed by atoms with Crippen molar-refractivity contribution in [2.24, 2.45) is 0 Å². The summed E-state index contributed by atoms with van der Waals surface area (Å²) in [6.45, 7) is 4.17. The van der Waals surface area contributed by atoms with Gasteiger partial charge in [-0.2, -0.15) is 0 Å². The van der Waals surface area contributed by atoms with Gasteiger partial charge in [0.05, 0.1) is 11.3 Å². The molecule has 3 amide bonds. The maximum atomic E-state index is 12.5. The second kappa shape index (κ2) is 8.89. The molecule has 0 fully saturated rings. The van der Waals surface area contributed by atoms with Crippen molar-refractivity contribution in [3.8, 4) is 0 Å². The number of para-hydroxylation sites is 1. The van der Waals surface area contributed by atoms with Gasteiger partial charge in [-0.1, -0.05) is 24.3 Å². The average molecular weight is 354 g/mol. The van der Waals surface area contributed by atoms with Gasteiger partial charge in [0.15, 0.2) is 0 Å². The van der Waals surface area contributed by atoms with Gasteiger partial charge in [-0.3, -0.25) is 4.79 Å². The molecule has 3 N–H and O–H groups in total. The molecule has 0 aromatic heterocycles. The first kappa shape index (κ1) is 19.3. The molecule has 138 valence electrons. The lowest BCUT2D eigenvalue weighted by Gasteiger charge is -2.14. The number of nitrogens with one attached hydrogen (secondary N) is 3. The zero-order valence-electron chi connectivity index (χ0n) is 15.7. The SMILES string of the molecule is CC(C)NC(=O)Nc1ccccc1C(=O)NCc1ccc(N(C)C)cc1. The van der Waals surface area contributed by atoms with E-state index in [0.717, 1.165) is 11.3 Å². The number of carbonyl (C=O) groups excluding carboxylic acids is 2. The molecule has 0 bridgehead atoms. The first-order chi connectivity index (χ1) is 12.4. The molecule has 0 heterocycles. The minimum absolute atomic E-state index is 0.0149. The zero-order valence-corrected chi connectivity index (χ0v) is 15.7. The Morgan fingerprint density at radius 1 is 1.00 bits per heavy atom. The molecule has 0 aliphatic heterocycles. The Labute approximate surface area is 154 Å². The standard InChI is InChI=1S/C20H26N4O2/c1-14(2)22-20(26)23-18-8-6-5-7-17(18)19(25)21-13-15-9-11-16(12-10-15)24(3)4/h5-12,14H,13H2,1-4H3,(H,21,25)(H2,22,23,26). The van der Waals surface area contributed by atoms with E-state index in [0.29, 0.717) is 17.8 Å². The number of carbonyl (C=O) groups is 2. The lowest BCUT2D eigenvalue weighted by molar-refractivity contribution is 0.0952. The molecule has 6 nitrogen and oxygen atoms in total. The Kier molecular flexibility index (Phi) is 6.60. The van der Waals surface area contributed by atoms with Gasteiger partial charge in [-0.25, -0.2) is 4.79 Å². The topological polar surface area (TPSA) is 73.5 Å². The molecule has 0 spiro atoms. The molecule has 0 saturated carbocycles. The third-order valence-electron chi connectivity index (χ3n) is 3.75. The maximum absolute atomic E-state index is 12.5. The number of hydrogen-bond donors (Lipinski definition) is 3. The summed E-state index contributed by atoms with van der Waals surface area (Å²) in [5, 5.41) is 8.36. The van der Waals surface area contributed by atoms with Gasteiger partial charge >= 0.3 is 6.03 Å². The summed E-state index contributed by atoms with van der Waals surface area (Å²) in [4.78, 5) is 26.5. The monoisotopic (exact) mass is 354 g/mol. The molecular formula is C20H26N4O2. The van der Waals surface area contributed by atoms with E-state index < -0.39 is 0 Å². The predicted octanol–water partition coefficient (Wildman–Crippen LogP) is 3.21. The minimum atomic E-state index is -0.334. The van der Waals surface area contributed by atoms with E-state index in [1.54, 1.807) is 24.3 Å². The van der Waals surface area contributed by atoms with E-state index in [1.165, 1.54) is 0 Å². The number of nitrogens with zero attached hydrogens (tertiary/aromatic N) is 1. The van der Waals surface area contributed by atoms with E-state index in [1.807, 2.05) is 57.1 Å². The van der Waals surface area contributed by atoms with Crippen molar-refractivity contribution in [2.75, 3.05) is 24.3 Å². The van der Waals surface area contributed by atoms with Crippen LogP contribution in [0.1, 0.15) is 29.8 Å². The van der Waals surface area contributed by atoms with E-state index in [2.05, 4.69) is 16.0 Å². The maximum Gasteiger partial charge on any atom is 0.319 e. The molecule has 0 aliphatic rings. The summed E-state index contributed by atoms with van der Waals surface area (Å²) in [7, 11) is 3.96. The fourth-order valence-electron chi connectivity index (χ4n) is 2.40. The Bertz CT molecular complexity index is 755. The second-order valence-corrected chi connectivity index (χ2v) is 6.54. The van der Waals surface area contributed by atoms with Gasteiger partial charge in [-0.15, -0.1) is 0 Å². The Hall–Kier alpha value is -3.02. The van der Waals surface area contributed by atoms with Gasteiger partial charge in [-0.05, 0) is 43.7 Å². The smallest absolute Gasteiger partial charge is 0.319 e. The molecule has 0 atom stereocenters. The second-order valence-electron chi connectivity index (χ2n) is 6.54. The van der Waals surface area contributed by atoms with Crippen molar-refractivity contribution in [2.45, 2.75) is 26.4 Å². The summed E-state index contributed by atoms with van der Waals surface area (Å²) >= 11 is 0. The van der Waals surface area contributed by atoms with Crippen LogP contribution in [0, 0.1) is 0 Å². The molecule has 0 aliphatic carbocycles. The van der Waals surface area contributed by atoms with E-state index >= 15 is 0 Å². The summed E-state index contributed by atoms with van der Waals surface area (Å²) in [6, 6.07) is 14.6. The first-order valence-corrected chi connectivity index (χ1v) is 8.58. The third-order valence-corrected chi connectivity index (χ3v) is 3.75. The van der Waals surface area contributed by atoms with Gasteiger partial charge in [0.25, 0.3) is 5.91 Å². The summed E-state index contributed by atoms with van der Waals surface area (Å²) in [5.41, 5.74) is 3.01. The highest BCUT2D eigenvalue weighted by Crippen LogP contribution is 2.16. The van der Waals surface area contributed by atoms with E-state index in [9.17, 15) is 9.59 Å². The highest BCUT2D eigenvalue weighted by Gasteiger charge is 2.13. The number of hydrogen-bond acceptors (Lipinski definition) is 3. The van der Waals surface area contributed by atoms with Crippen LogP contribution in [-0.2, 0) is 6.54 Å². The minimum Gasteiger partial charge on any atom is -0.378 e. The predicted molar refractivity (Wildman–Crippen MR) is 106 cm³/mol. The molecular weight excluding hydrogens is 328 g/mol. The van der Waals surface area contributed by atoms with Crippen LogP contribution in [0.2, 0.25) is 0 Å². The fraction of sp³-hybridized carbons (Fsp3) is 0.300. The zero-order chi connectivity index (χ0) is 19.1. The van der Waals surface area contributed by atoms with Crippen LogP contribution < -0.4 is 20.9 Å². The van der Waals surface area contributed by atoms with Gasteiger partial charge in [0.2, 0.25) is 0 Å². The normalized spacial score (nSPS) is 10.3. The quantitative estimate of drug-likeness (QED) is 0.746. The molecule has 0 unspecified atom stereocenters. The van der Waals surface area contributed by atoms with Crippen molar-refractivity contribution in [1.82, 2.24) is 10.6 Å². The van der Waals surface area contributed by atoms with Crippen LogP contribution in [0.4, 0.5) is 16.2 Å². The lowest BCUT2D eigenvalue weighted by atomic mass is 10.1. The van der Waals surface area contributed by atoms with Crippen molar-refractivity contribution in [3.63, 3.8) is 0 Å².